The molecule has 10 heteroatoms. The number of hydrogen-bond acceptors (Lipinski definition) is 4. The quantitative estimate of drug-likeness (QED) is 0.485. The molecule has 4 aromatic rings. The first-order chi connectivity index (χ1) is 14.7. The van der Waals surface area contributed by atoms with Gasteiger partial charge in [0.2, 0.25) is 0 Å². The lowest BCUT2D eigenvalue weighted by atomic mass is 10.1. The summed E-state index contributed by atoms with van der Waals surface area (Å²) < 4.78 is 43.3. The number of rotatable bonds is 5. The summed E-state index contributed by atoms with van der Waals surface area (Å²) >= 11 is 0. The molecule has 4 rings (SSSR count). The number of aromatic nitrogens is 5. The van der Waals surface area contributed by atoms with E-state index in [1.165, 1.54) is 41.4 Å². The van der Waals surface area contributed by atoms with E-state index in [0.29, 0.717) is 5.56 Å². The van der Waals surface area contributed by atoms with Crippen molar-refractivity contribution in [3.05, 3.63) is 71.1 Å². The smallest absolute Gasteiger partial charge is 0.280 e. The number of fused-ring (bicyclic) bond motifs is 1. The summed E-state index contributed by atoms with van der Waals surface area (Å²) in [5, 5.41) is 8.23. The lowest BCUT2D eigenvalue weighted by molar-refractivity contribution is 0.0786. The van der Waals surface area contributed by atoms with Crippen LogP contribution in [-0.4, -0.2) is 42.2 Å². The third-order valence-electron chi connectivity index (χ3n) is 4.96. The number of carbonyl (C=O) groups is 1. The third kappa shape index (κ3) is 3.88. The van der Waals surface area contributed by atoms with Crippen LogP contribution in [0.25, 0.3) is 16.9 Å². The first-order valence-electron chi connectivity index (χ1n) is 9.42. The molecule has 1 aromatic carbocycles. The van der Waals surface area contributed by atoms with Gasteiger partial charge >= 0.3 is 0 Å². The van der Waals surface area contributed by atoms with Crippen LogP contribution in [0.4, 0.5) is 13.2 Å². The third-order valence-corrected chi connectivity index (χ3v) is 4.96. The zero-order valence-corrected chi connectivity index (χ0v) is 17.1. The number of alkyl halides is 2. The average molecular weight is 428 g/mol. The molecule has 3 heterocycles. The summed E-state index contributed by atoms with van der Waals surface area (Å²) in [5.41, 5.74) is 2.00. The Hall–Kier alpha value is -3.69. The molecule has 0 radical (unpaired) electrons. The molecule has 0 saturated carbocycles. The molecule has 0 unspecified atom stereocenters. The van der Waals surface area contributed by atoms with E-state index < -0.39 is 23.8 Å². The van der Waals surface area contributed by atoms with Gasteiger partial charge in [-0.2, -0.15) is 10.2 Å². The number of nitrogens with zero attached hydrogens (tertiary/aromatic N) is 6. The van der Waals surface area contributed by atoms with Gasteiger partial charge in [0.15, 0.2) is 5.65 Å². The van der Waals surface area contributed by atoms with E-state index in [2.05, 4.69) is 15.2 Å². The largest absolute Gasteiger partial charge is 0.337 e. The highest BCUT2D eigenvalue weighted by molar-refractivity contribution is 5.99. The van der Waals surface area contributed by atoms with Crippen LogP contribution < -0.4 is 0 Å². The normalized spacial score (nSPS) is 11.5. The Kier molecular flexibility index (Phi) is 5.22. The van der Waals surface area contributed by atoms with Gasteiger partial charge in [0.1, 0.15) is 17.1 Å². The summed E-state index contributed by atoms with van der Waals surface area (Å²) in [6.07, 6.45) is 0.204. The molecule has 7 nitrogen and oxygen atoms in total. The van der Waals surface area contributed by atoms with Crippen molar-refractivity contribution in [3.63, 3.8) is 0 Å². The second-order valence-electron chi connectivity index (χ2n) is 7.24. The van der Waals surface area contributed by atoms with Crippen LogP contribution in [-0.2, 0) is 13.6 Å². The summed E-state index contributed by atoms with van der Waals surface area (Å²) in [4.78, 5) is 18.9. The van der Waals surface area contributed by atoms with Gasteiger partial charge in [-0.05, 0) is 37.3 Å². The second kappa shape index (κ2) is 7.86. The fourth-order valence-corrected chi connectivity index (χ4v) is 3.40. The van der Waals surface area contributed by atoms with Crippen molar-refractivity contribution in [1.82, 2.24) is 29.3 Å². The molecule has 31 heavy (non-hydrogen) atoms. The predicted octanol–water partition coefficient (Wildman–Crippen LogP) is 3.79. The maximum absolute atomic E-state index is 13.7. The van der Waals surface area contributed by atoms with Gasteiger partial charge in [0, 0.05) is 38.0 Å². The fourth-order valence-electron chi connectivity index (χ4n) is 3.40. The van der Waals surface area contributed by atoms with Crippen molar-refractivity contribution in [3.8, 4) is 11.3 Å². The predicted molar refractivity (Wildman–Crippen MR) is 107 cm³/mol. The van der Waals surface area contributed by atoms with Crippen molar-refractivity contribution in [2.24, 2.45) is 7.05 Å². The molecule has 1 amide bonds. The minimum atomic E-state index is -2.84. The molecular formula is C21H19F3N6O. The van der Waals surface area contributed by atoms with Crippen LogP contribution in [0.5, 0.6) is 0 Å². The minimum absolute atomic E-state index is 0.0110. The maximum atomic E-state index is 13.7. The summed E-state index contributed by atoms with van der Waals surface area (Å²) in [6.45, 7) is 2.13. The maximum Gasteiger partial charge on any atom is 0.280 e. The molecule has 0 bridgehead atoms. The molecule has 160 valence electrons. The van der Waals surface area contributed by atoms with Gasteiger partial charge in [-0.15, -0.1) is 0 Å². The van der Waals surface area contributed by atoms with E-state index in [9.17, 15) is 18.0 Å². The Morgan fingerprint density at radius 2 is 1.94 bits per heavy atom. The van der Waals surface area contributed by atoms with Crippen LogP contribution in [0.2, 0.25) is 0 Å². The Morgan fingerprint density at radius 3 is 2.55 bits per heavy atom. The van der Waals surface area contributed by atoms with Crippen molar-refractivity contribution < 1.29 is 18.0 Å². The summed E-state index contributed by atoms with van der Waals surface area (Å²) in [5.74, 6) is -0.867. The van der Waals surface area contributed by atoms with Crippen LogP contribution in [0.15, 0.2) is 42.7 Å². The van der Waals surface area contributed by atoms with Gasteiger partial charge < -0.3 is 4.90 Å². The molecule has 0 aliphatic heterocycles. The number of carbonyl (C=O) groups excluding carboxylic acids is 1. The molecule has 0 N–H and O–H groups in total. The second-order valence-corrected chi connectivity index (χ2v) is 7.24. The van der Waals surface area contributed by atoms with E-state index in [0.717, 1.165) is 15.8 Å². The van der Waals surface area contributed by atoms with Crippen LogP contribution in [0, 0.1) is 12.7 Å². The van der Waals surface area contributed by atoms with Gasteiger partial charge in [-0.1, -0.05) is 0 Å². The van der Waals surface area contributed by atoms with Crippen LogP contribution in [0.3, 0.4) is 0 Å². The highest BCUT2D eigenvalue weighted by Crippen LogP contribution is 2.27. The van der Waals surface area contributed by atoms with E-state index in [1.807, 2.05) is 13.1 Å². The highest BCUT2D eigenvalue weighted by atomic mass is 19.3. The zero-order chi connectivity index (χ0) is 22.3. The van der Waals surface area contributed by atoms with Crippen molar-refractivity contribution in [2.45, 2.75) is 19.9 Å². The van der Waals surface area contributed by atoms with E-state index in [1.54, 1.807) is 18.8 Å². The lowest BCUT2D eigenvalue weighted by Crippen LogP contribution is -2.26. The zero-order valence-electron chi connectivity index (χ0n) is 17.1. The fraction of sp³-hybridized carbons (Fsp3) is 0.238. The Balaban J connectivity index is 1.76. The standard InChI is InChI=1S/C21H19F3N6O/c1-12-14(11-29(3)27-12)10-28(2)21(31)16-9-25-30-18(19(23)24)8-17(26-20(16)30)13-4-6-15(22)7-5-13/h4-9,11,19H,10H2,1-3H3. The highest BCUT2D eigenvalue weighted by Gasteiger charge is 2.24. The Labute approximate surface area is 175 Å². The van der Waals surface area contributed by atoms with Crippen molar-refractivity contribution in [2.75, 3.05) is 7.05 Å². The number of amides is 1. The Morgan fingerprint density at radius 1 is 1.23 bits per heavy atom. The molecule has 0 aliphatic rings. The number of halogens is 3. The van der Waals surface area contributed by atoms with E-state index in [4.69, 9.17) is 0 Å². The molecule has 0 aliphatic carbocycles. The molecule has 3 aromatic heterocycles. The monoisotopic (exact) mass is 428 g/mol. The number of aryl methyl sites for hydroxylation is 2. The van der Waals surface area contributed by atoms with Gasteiger partial charge in [-0.3, -0.25) is 9.48 Å². The SMILES string of the molecule is Cc1nn(C)cc1CN(C)C(=O)c1cnn2c(C(F)F)cc(-c3ccc(F)cc3)nc12. The van der Waals surface area contributed by atoms with Crippen molar-refractivity contribution >= 4 is 11.6 Å². The first kappa shape index (κ1) is 20.6. The topological polar surface area (TPSA) is 68.3 Å². The van der Waals surface area contributed by atoms with Crippen molar-refractivity contribution in [1.29, 1.82) is 0 Å². The molecule has 0 fully saturated rings. The summed E-state index contributed by atoms with van der Waals surface area (Å²) in [7, 11) is 3.40. The average Bonchev–Trinajstić information content (AvgIpc) is 3.29. The lowest BCUT2D eigenvalue weighted by Gasteiger charge is -2.16. The number of benzene rings is 1. The molecule has 0 spiro atoms. The van der Waals surface area contributed by atoms with E-state index in [-0.39, 0.29) is 23.4 Å². The van der Waals surface area contributed by atoms with Crippen LogP contribution >= 0.6 is 0 Å². The van der Waals surface area contributed by atoms with E-state index >= 15 is 0 Å². The first-order valence-corrected chi connectivity index (χ1v) is 9.42. The summed E-state index contributed by atoms with van der Waals surface area (Å²) in [6, 6.07) is 6.51. The molecule has 0 atom stereocenters. The molecule has 0 saturated heterocycles. The van der Waals surface area contributed by atoms with Gasteiger partial charge in [0.25, 0.3) is 12.3 Å². The van der Waals surface area contributed by atoms with Gasteiger partial charge in [0.05, 0.1) is 17.6 Å². The number of hydrogen-bond donors (Lipinski definition) is 0. The molecular weight excluding hydrogens is 409 g/mol. The van der Waals surface area contributed by atoms with Gasteiger partial charge in [-0.25, -0.2) is 22.7 Å². The Bertz CT molecular complexity index is 1260. The minimum Gasteiger partial charge on any atom is -0.337 e. The van der Waals surface area contributed by atoms with Crippen LogP contribution in [0.1, 0.15) is 33.7 Å².